The van der Waals surface area contributed by atoms with Crippen LogP contribution in [-0.2, 0) is 15.3 Å². The van der Waals surface area contributed by atoms with E-state index in [1.807, 2.05) is 17.5 Å². The number of nitrogens with zero attached hydrogens (tertiary/aromatic N) is 1. The van der Waals surface area contributed by atoms with Gasteiger partial charge < -0.3 is 15.1 Å². The number of aliphatic hydroxyl groups excluding tert-OH is 1. The van der Waals surface area contributed by atoms with Gasteiger partial charge in [0.1, 0.15) is 6.04 Å². The molecule has 1 aromatic heterocycles. The normalized spacial score (nSPS) is 22.7. The average Bonchev–Trinajstić information content (AvgIpc) is 2.98. The van der Waals surface area contributed by atoms with E-state index >= 15 is 0 Å². The Morgan fingerprint density at radius 3 is 2.95 bits per heavy atom. The van der Waals surface area contributed by atoms with Crippen LogP contribution >= 0.6 is 23.1 Å². The fourth-order valence-corrected chi connectivity index (χ4v) is 3.79. The fourth-order valence-electron chi connectivity index (χ4n) is 2.04. The van der Waals surface area contributed by atoms with Crippen molar-refractivity contribution in [3.05, 3.63) is 22.4 Å². The third-order valence-electron chi connectivity index (χ3n) is 2.93. The lowest BCUT2D eigenvalue weighted by atomic mass is 10.2. The van der Waals surface area contributed by atoms with Crippen molar-refractivity contribution in [2.75, 3.05) is 12.3 Å². The minimum absolute atomic E-state index is 0.120. The van der Waals surface area contributed by atoms with Crippen LogP contribution in [0.4, 0.5) is 0 Å². The van der Waals surface area contributed by atoms with E-state index in [1.54, 1.807) is 11.3 Å². The molecule has 0 spiro atoms. The maximum absolute atomic E-state index is 12.0. The van der Waals surface area contributed by atoms with E-state index in [-0.39, 0.29) is 24.6 Å². The third-order valence-corrected chi connectivity index (χ3v) is 4.96. The number of β-amino-alcohol motifs (C(OH)–C–C–N with tert-alkyl or cyclic N) is 1. The largest absolute Gasteiger partial charge is 0.480 e. The number of carbonyl (C=O) groups excluding carboxylic acids is 1. The quantitative estimate of drug-likeness (QED) is 0.849. The zero-order chi connectivity index (χ0) is 13.8. The SMILES string of the molecule is O=C(O)[C@@H]1C[C@H](O)CN1C(=O)CSCc1cccs1. The number of carboxylic acid groups (broad SMARTS) is 1. The number of carbonyl (C=O) groups is 2. The maximum atomic E-state index is 12.0. The second kappa shape index (κ2) is 6.40. The highest BCUT2D eigenvalue weighted by Crippen LogP contribution is 2.21. The molecule has 1 aliphatic heterocycles. The van der Waals surface area contributed by atoms with Crippen molar-refractivity contribution in [1.82, 2.24) is 4.90 Å². The summed E-state index contributed by atoms with van der Waals surface area (Å²) >= 11 is 3.10. The number of likely N-dealkylation sites (tertiary alicyclic amines) is 1. The summed E-state index contributed by atoms with van der Waals surface area (Å²) in [5.74, 6) is -0.273. The van der Waals surface area contributed by atoms with Crippen molar-refractivity contribution in [2.45, 2.75) is 24.3 Å². The van der Waals surface area contributed by atoms with Crippen molar-refractivity contribution >= 4 is 35.0 Å². The first-order valence-electron chi connectivity index (χ1n) is 5.88. The predicted molar refractivity (Wildman–Crippen MR) is 74.2 cm³/mol. The lowest BCUT2D eigenvalue weighted by molar-refractivity contribution is -0.147. The van der Waals surface area contributed by atoms with Crippen LogP contribution in [0.15, 0.2) is 17.5 Å². The third kappa shape index (κ3) is 3.71. The van der Waals surface area contributed by atoms with Gasteiger partial charge in [-0.1, -0.05) is 6.07 Å². The molecule has 1 saturated heterocycles. The molecule has 0 aromatic carbocycles. The molecule has 5 nitrogen and oxygen atoms in total. The Morgan fingerprint density at radius 2 is 2.32 bits per heavy atom. The molecule has 2 N–H and O–H groups in total. The molecule has 7 heteroatoms. The molecule has 2 heterocycles. The van der Waals surface area contributed by atoms with Crippen molar-refractivity contribution in [3.63, 3.8) is 0 Å². The van der Waals surface area contributed by atoms with Gasteiger partial charge in [-0.05, 0) is 11.4 Å². The summed E-state index contributed by atoms with van der Waals surface area (Å²) in [6.45, 7) is 0.120. The van der Waals surface area contributed by atoms with E-state index in [2.05, 4.69) is 0 Å². The summed E-state index contributed by atoms with van der Waals surface area (Å²) in [6, 6.07) is 3.08. The second-order valence-electron chi connectivity index (χ2n) is 4.36. The molecule has 0 bridgehead atoms. The van der Waals surface area contributed by atoms with Crippen LogP contribution < -0.4 is 0 Å². The lowest BCUT2D eigenvalue weighted by Gasteiger charge is -2.20. The molecule has 104 valence electrons. The second-order valence-corrected chi connectivity index (χ2v) is 6.38. The van der Waals surface area contributed by atoms with Gasteiger partial charge in [0.05, 0.1) is 11.9 Å². The molecule has 2 rings (SSSR count). The smallest absolute Gasteiger partial charge is 0.326 e. The van der Waals surface area contributed by atoms with Gasteiger partial charge in [0, 0.05) is 23.6 Å². The minimum atomic E-state index is -1.05. The van der Waals surface area contributed by atoms with Crippen LogP contribution in [-0.4, -0.2) is 51.4 Å². The first-order valence-corrected chi connectivity index (χ1v) is 7.92. The summed E-state index contributed by atoms with van der Waals surface area (Å²) in [5.41, 5.74) is 0. The van der Waals surface area contributed by atoms with Crippen LogP contribution in [0.2, 0.25) is 0 Å². The topological polar surface area (TPSA) is 77.8 Å². The Bertz CT molecular complexity index is 449. The Labute approximate surface area is 119 Å². The molecule has 2 atom stereocenters. The molecule has 19 heavy (non-hydrogen) atoms. The van der Waals surface area contributed by atoms with Gasteiger partial charge in [0.25, 0.3) is 0 Å². The molecule has 1 fully saturated rings. The fraction of sp³-hybridized carbons (Fsp3) is 0.500. The number of aliphatic hydroxyl groups is 1. The standard InChI is InChI=1S/C12H15NO4S2/c14-8-4-10(12(16)17)13(5-8)11(15)7-18-6-9-2-1-3-19-9/h1-3,8,10,14H,4-7H2,(H,16,17)/t8-,10-/m0/s1. The molecule has 0 aliphatic carbocycles. The molecule has 1 aliphatic rings. The van der Waals surface area contributed by atoms with Gasteiger partial charge in [-0.3, -0.25) is 4.79 Å². The van der Waals surface area contributed by atoms with Gasteiger partial charge in [0.15, 0.2) is 0 Å². The molecular formula is C12H15NO4S2. The number of amides is 1. The molecule has 1 amide bonds. The summed E-state index contributed by atoms with van der Waals surface area (Å²) in [5, 5.41) is 20.5. The van der Waals surface area contributed by atoms with Gasteiger partial charge in [-0.25, -0.2) is 4.79 Å². The molecule has 1 aromatic rings. The minimum Gasteiger partial charge on any atom is -0.480 e. The van der Waals surface area contributed by atoms with Gasteiger partial charge in [-0.15, -0.1) is 23.1 Å². The summed E-state index contributed by atoms with van der Waals surface area (Å²) in [6.07, 6.45) is -0.608. The number of hydrogen-bond donors (Lipinski definition) is 2. The van der Waals surface area contributed by atoms with Crippen molar-refractivity contribution in [2.24, 2.45) is 0 Å². The lowest BCUT2D eigenvalue weighted by Crippen LogP contribution is -2.41. The van der Waals surface area contributed by atoms with Gasteiger partial charge in [0.2, 0.25) is 5.91 Å². The Kier molecular flexibility index (Phi) is 4.84. The molecule has 0 saturated carbocycles. The van der Waals surface area contributed by atoms with E-state index in [4.69, 9.17) is 5.11 Å². The molecule has 0 unspecified atom stereocenters. The predicted octanol–water partition coefficient (Wildman–Crippen LogP) is 1.03. The maximum Gasteiger partial charge on any atom is 0.326 e. The first kappa shape index (κ1) is 14.4. The summed E-state index contributed by atoms with van der Waals surface area (Å²) < 4.78 is 0. The monoisotopic (exact) mass is 301 g/mol. The Morgan fingerprint density at radius 1 is 1.53 bits per heavy atom. The van der Waals surface area contributed by atoms with E-state index in [0.29, 0.717) is 0 Å². The number of thioether (sulfide) groups is 1. The van der Waals surface area contributed by atoms with E-state index in [9.17, 15) is 14.7 Å². The Hall–Kier alpha value is -1.05. The van der Waals surface area contributed by atoms with Crippen molar-refractivity contribution in [1.29, 1.82) is 0 Å². The summed E-state index contributed by atoms with van der Waals surface area (Å²) in [7, 11) is 0. The van der Waals surface area contributed by atoms with E-state index < -0.39 is 18.1 Å². The van der Waals surface area contributed by atoms with Crippen molar-refractivity contribution in [3.8, 4) is 0 Å². The number of rotatable bonds is 5. The molecular weight excluding hydrogens is 286 g/mol. The van der Waals surface area contributed by atoms with E-state index in [1.165, 1.54) is 21.5 Å². The van der Waals surface area contributed by atoms with Crippen LogP contribution in [0.5, 0.6) is 0 Å². The summed E-state index contributed by atoms with van der Waals surface area (Å²) in [4.78, 5) is 25.4. The van der Waals surface area contributed by atoms with Crippen LogP contribution in [0.3, 0.4) is 0 Å². The zero-order valence-corrected chi connectivity index (χ0v) is 11.8. The van der Waals surface area contributed by atoms with Crippen molar-refractivity contribution < 1.29 is 19.8 Å². The Balaban J connectivity index is 1.83. The van der Waals surface area contributed by atoms with Gasteiger partial charge >= 0.3 is 5.97 Å². The van der Waals surface area contributed by atoms with Crippen LogP contribution in [0.25, 0.3) is 0 Å². The number of aliphatic carboxylic acids is 1. The highest BCUT2D eigenvalue weighted by molar-refractivity contribution is 7.99. The average molecular weight is 301 g/mol. The van der Waals surface area contributed by atoms with Gasteiger partial charge in [-0.2, -0.15) is 0 Å². The zero-order valence-electron chi connectivity index (χ0n) is 10.2. The first-order chi connectivity index (χ1) is 9.08. The number of carboxylic acids is 1. The molecule has 0 radical (unpaired) electrons. The number of hydrogen-bond acceptors (Lipinski definition) is 5. The number of thiophene rings is 1. The van der Waals surface area contributed by atoms with Crippen LogP contribution in [0.1, 0.15) is 11.3 Å². The highest BCUT2D eigenvalue weighted by Gasteiger charge is 2.38. The highest BCUT2D eigenvalue weighted by atomic mass is 32.2. The van der Waals surface area contributed by atoms with E-state index in [0.717, 1.165) is 5.75 Å². The van der Waals surface area contributed by atoms with Crippen LogP contribution in [0, 0.1) is 0 Å².